The van der Waals surface area contributed by atoms with Crippen LogP contribution in [0.5, 0.6) is 0 Å². The first kappa shape index (κ1) is 10.3. The van der Waals surface area contributed by atoms with Crippen LogP contribution in [0.3, 0.4) is 0 Å². The molecule has 0 radical (unpaired) electrons. The van der Waals surface area contributed by atoms with Crippen LogP contribution in [0.2, 0.25) is 0 Å². The highest BCUT2D eigenvalue weighted by molar-refractivity contribution is 6.53. The largest absolute Gasteiger partial charge is 0.688 e. The van der Waals surface area contributed by atoms with Crippen LogP contribution in [-0.4, -0.2) is 23.4 Å². The van der Waals surface area contributed by atoms with E-state index in [-0.39, 0.29) is 6.15 Å². The summed E-state index contributed by atoms with van der Waals surface area (Å²) in [5, 5.41) is 0. The first-order valence-corrected chi connectivity index (χ1v) is 3.09. The van der Waals surface area contributed by atoms with Crippen LogP contribution in [-0.2, 0) is 3.98 Å². The topological polar surface area (TPSA) is 105 Å². The second-order valence-corrected chi connectivity index (χ2v) is 2.42. The molecular weight excluding hydrogens is 142 g/mol. The lowest BCUT2D eigenvalue weighted by molar-refractivity contribution is 0.135. The van der Waals surface area contributed by atoms with Gasteiger partial charge in [0.1, 0.15) is 0 Å². The van der Waals surface area contributed by atoms with Crippen LogP contribution in [0.25, 0.3) is 0 Å². The van der Waals surface area contributed by atoms with Crippen molar-refractivity contribution in [3.05, 3.63) is 0 Å². The Bertz CT molecular complexity index is 41.4. The van der Waals surface area contributed by atoms with E-state index in [2.05, 4.69) is 15.8 Å². The van der Waals surface area contributed by atoms with Gasteiger partial charge in [-0.15, -0.1) is 0 Å². The van der Waals surface area contributed by atoms with Crippen molar-refractivity contribution in [2.24, 2.45) is 0 Å². The van der Waals surface area contributed by atoms with Gasteiger partial charge in [-0.1, -0.05) is 0 Å². The van der Waals surface area contributed by atoms with Crippen LogP contribution >= 0.6 is 11.9 Å². The zero-order valence-electron chi connectivity index (χ0n) is 3.33. The minimum absolute atomic E-state index is 0. The molecule has 0 bridgehead atoms. The third-order valence-electron chi connectivity index (χ3n) is 0.104. The molecule has 0 heterocycles. The molecular formula is H6ClNO4Si. The Morgan fingerprint density at radius 3 is 1.43 bits per heavy atom. The second-order valence-electron chi connectivity index (χ2n) is 0.651. The van der Waals surface area contributed by atoms with Crippen molar-refractivity contribution >= 4 is 20.9 Å². The fraction of sp³-hybridized carbons (Fsp3) is 0. The van der Waals surface area contributed by atoms with Crippen LogP contribution in [0.4, 0.5) is 0 Å². The van der Waals surface area contributed by atoms with E-state index in [1.165, 1.54) is 0 Å². The second kappa shape index (κ2) is 3.33. The minimum Gasteiger partial charge on any atom is -0.367 e. The molecule has 7 heteroatoms. The Kier molecular flexibility index (Phi) is 4.90. The Morgan fingerprint density at radius 2 is 1.43 bits per heavy atom. The highest BCUT2D eigenvalue weighted by Crippen LogP contribution is 1.89. The molecule has 0 aromatic heterocycles. The maximum atomic E-state index is 7.72. The van der Waals surface area contributed by atoms with Crippen molar-refractivity contribution in [1.29, 1.82) is 0 Å². The van der Waals surface area contributed by atoms with Gasteiger partial charge in [0.25, 0.3) is 0 Å². The fourth-order valence-corrected chi connectivity index (χ4v) is 0. The molecule has 0 aliphatic heterocycles. The van der Waals surface area contributed by atoms with Crippen molar-refractivity contribution in [2.45, 2.75) is 0 Å². The van der Waals surface area contributed by atoms with Crippen molar-refractivity contribution in [2.75, 3.05) is 0 Å². The van der Waals surface area contributed by atoms with Gasteiger partial charge in [0.15, 0.2) is 0 Å². The molecule has 0 rings (SSSR count). The lowest BCUT2D eigenvalue weighted by Crippen LogP contribution is -2.35. The summed E-state index contributed by atoms with van der Waals surface area (Å²) in [5.74, 6) is 0. The lowest BCUT2D eigenvalue weighted by Gasteiger charge is -1.98. The van der Waals surface area contributed by atoms with Gasteiger partial charge in [0.2, 0.25) is 0 Å². The summed E-state index contributed by atoms with van der Waals surface area (Å²) in [5.41, 5.74) is 0. The molecule has 46 valence electrons. The lowest BCUT2D eigenvalue weighted by atomic mass is 14.0. The number of hydrogen-bond donors (Lipinski definition) is 4. The molecule has 0 saturated carbocycles. The quantitative estimate of drug-likeness (QED) is 0.346. The molecule has 0 amide bonds. The average Bonchev–Trinajstić information content (AvgIpc) is 1.35. The van der Waals surface area contributed by atoms with Crippen molar-refractivity contribution < 1.29 is 18.4 Å². The van der Waals surface area contributed by atoms with Gasteiger partial charge < -0.3 is 20.5 Å². The summed E-state index contributed by atoms with van der Waals surface area (Å²) < 4.78 is 3.22. The first-order valence-electron chi connectivity index (χ1n) is 1.03. The highest BCUT2D eigenvalue weighted by atomic mass is 35.5. The van der Waals surface area contributed by atoms with Crippen LogP contribution in [0, 0.1) is 0 Å². The van der Waals surface area contributed by atoms with E-state index in [4.69, 9.17) is 14.4 Å². The van der Waals surface area contributed by atoms with E-state index < -0.39 is 9.05 Å². The van der Waals surface area contributed by atoms with E-state index in [1.807, 2.05) is 0 Å². The fourth-order valence-electron chi connectivity index (χ4n) is 0. The number of rotatable bonds is 1. The van der Waals surface area contributed by atoms with Gasteiger partial charge in [-0.3, -0.25) is 0 Å². The molecule has 0 fully saturated rings. The molecule has 0 atom stereocenters. The summed E-state index contributed by atoms with van der Waals surface area (Å²) in [6, 6.07) is 0. The average molecular weight is 148 g/mol. The predicted molar refractivity (Wildman–Crippen MR) is 24.4 cm³/mol. The molecule has 0 aromatic carbocycles. The summed E-state index contributed by atoms with van der Waals surface area (Å²) in [6.45, 7) is 0. The predicted octanol–water partition coefficient (Wildman–Crippen LogP) is -1.27. The summed E-state index contributed by atoms with van der Waals surface area (Å²) >= 11 is 4.29. The van der Waals surface area contributed by atoms with Gasteiger partial charge in [-0.2, -0.15) is 0 Å². The number of hydrogen-bond acceptors (Lipinski definition) is 5. The maximum Gasteiger partial charge on any atom is 0.688 e. The van der Waals surface area contributed by atoms with Crippen LogP contribution in [0.1, 0.15) is 0 Å². The Labute approximate surface area is 46.4 Å². The zero-order valence-corrected chi connectivity index (χ0v) is 5.09. The van der Waals surface area contributed by atoms with Crippen LogP contribution < -0.4 is 6.15 Å². The third-order valence-corrected chi connectivity index (χ3v) is 0.932. The van der Waals surface area contributed by atoms with Crippen molar-refractivity contribution in [3.8, 4) is 0 Å². The van der Waals surface area contributed by atoms with Gasteiger partial charge in [-0.05, 0) is 0 Å². The van der Waals surface area contributed by atoms with E-state index in [0.717, 1.165) is 0 Å². The van der Waals surface area contributed by atoms with Gasteiger partial charge in [0.05, 0.1) is 11.9 Å². The van der Waals surface area contributed by atoms with E-state index in [9.17, 15) is 0 Å². The standard InChI is InChI=1S/ClH3O4Si.H3N/c1-5-6(2,3)4;/h2-4H;1H3. The molecule has 0 saturated heterocycles. The molecule has 0 aliphatic carbocycles. The van der Waals surface area contributed by atoms with Crippen molar-refractivity contribution in [3.63, 3.8) is 0 Å². The molecule has 0 aliphatic rings. The smallest absolute Gasteiger partial charge is 0.367 e. The van der Waals surface area contributed by atoms with Gasteiger partial charge >= 0.3 is 9.05 Å². The molecule has 7 heavy (non-hydrogen) atoms. The SMILES string of the molecule is N.O[Si](O)(O)OCl. The Balaban J connectivity index is 0. The van der Waals surface area contributed by atoms with E-state index in [1.54, 1.807) is 0 Å². The van der Waals surface area contributed by atoms with Gasteiger partial charge in [-0.25, -0.2) is 3.98 Å². The van der Waals surface area contributed by atoms with Crippen LogP contribution in [0.15, 0.2) is 0 Å². The Morgan fingerprint density at radius 1 is 1.29 bits per heavy atom. The van der Waals surface area contributed by atoms with E-state index in [0.29, 0.717) is 0 Å². The monoisotopic (exact) mass is 147 g/mol. The third kappa shape index (κ3) is 10.7. The van der Waals surface area contributed by atoms with E-state index >= 15 is 0 Å². The molecule has 0 unspecified atom stereocenters. The van der Waals surface area contributed by atoms with Crippen molar-refractivity contribution in [1.82, 2.24) is 6.15 Å². The zero-order chi connectivity index (χ0) is 5.21. The highest BCUT2D eigenvalue weighted by Gasteiger charge is 2.30. The molecule has 0 spiro atoms. The Hall–Kier alpha value is 0.307. The normalized spacial score (nSPS) is 10.3. The summed E-state index contributed by atoms with van der Waals surface area (Å²) in [6.07, 6.45) is 0. The molecule has 6 N–H and O–H groups in total. The van der Waals surface area contributed by atoms with Gasteiger partial charge in [0, 0.05) is 0 Å². The first-order chi connectivity index (χ1) is 2.56. The molecule has 5 nitrogen and oxygen atoms in total. The molecule has 0 aromatic rings. The maximum absolute atomic E-state index is 7.72. The summed E-state index contributed by atoms with van der Waals surface area (Å²) in [7, 11) is -4.37. The number of halogens is 1. The minimum atomic E-state index is -4.37. The summed E-state index contributed by atoms with van der Waals surface area (Å²) in [4.78, 5) is 23.2.